The second kappa shape index (κ2) is 5.31. The highest BCUT2D eigenvalue weighted by Crippen LogP contribution is 2.28. The summed E-state index contributed by atoms with van der Waals surface area (Å²) in [6.07, 6.45) is 5.58. The fraction of sp³-hybridized carbons (Fsp3) is 1.00. The van der Waals surface area contributed by atoms with Gasteiger partial charge in [0.15, 0.2) is 0 Å². The molecular weight excluding hydrogens is 184 g/mol. The van der Waals surface area contributed by atoms with Crippen LogP contribution in [-0.2, 0) is 0 Å². The van der Waals surface area contributed by atoms with Crippen molar-refractivity contribution >= 4 is 0 Å². The molecule has 3 atom stereocenters. The molecule has 2 nitrogen and oxygen atoms in total. The van der Waals surface area contributed by atoms with Crippen molar-refractivity contribution in [2.75, 3.05) is 26.2 Å². The lowest BCUT2D eigenvalue weighted by Crippen LogP contribution is -2.33. The van der Waals surface area contributed by atoms with Gasteiger partial charge in [0, 0.05) is 19.1 Å². The van der Waals surface area contributed by atoms with E-state index in [0.717, 1.165) is 17.9 Å². The summed E-state index contributed by atoms with van der Waals surface area (Å²) in [6.45, 7) is 9.95. The van der Waals surface area contributed by atoms with Crippen molar-refractivity contribution in [1.82, 2.24) is 10.2 Å². The SMILES string of the molecule is CCCCCC(C)N1C[C@H]2CNC[C@H]2C1. The molecule has 2 heteroatoms. The molecule has 1 N–H and O–H groups in total. The van der Waals surface area contributed by atoms with Crippen molar-refractivity contribution < 1.29 is 0 Å². The zero-order valence-corrected chi connectivity index (χ0v) is 10.3. The summed E-state index contributed by atoms with van der Waals surface area (Å²) in [4.78, 5) is 2.73. The van der Waals surface area contributed by atoms with Crippen molar-refractivity contribution in [3.63, 3.8) is 0 Å². The third-order valence-electron chi connectivity index (χ3n) is 4.27. The smallest absolute Gasteiger partial charge is 0.00671 e. The van der Waals surface area contributed by atoms with Gasteiger partial charge in [0.2, 0.25) is 0 Å². The average Bonchev–Trinajstić information content (AvgIpc) is 2.76. The first-order valence-electron chi connectivity index (χ1n) is 6.76. The fourth-order valence-corrected chi connectivity index (χ4v) is 3.12. The minimum Gasteiger partial charge on any atom is -0.316 e. The Bertz CT molecular complexity index is 181. The van der Waals surface area contributed by atoms with E-state index >= 15 is 0 Å². The van der Waals surface area contributed by atoms with Crippen LogP contribution >= 0.6 is 0 Å². The number of fused-ring (bicyclic) bond motifs is 1. The molecule has 15 heavy (non-hydrogen) atoms. The normalized spacial score (nSPS) is 33.2. The second-order valence-electron chi connectivity index (χ2n) is 5.48. The molecule has 2 aliphatic rings. The fourth-order valence-electron chi connectivity index (χ4n) is 3.12. The number of likely N-dealkylation sites (tertiary alicyclic amines) is 1. The molecular formula is C13H26N2. The monoisotopic (exact) mass is 210 g/mol. The van der Waals surface area contributed by atoms with Gasteiger partial charge in [-0.2, -0.15) is 0 Å². The van der Waals surface area contributed by atoms with Gasteiger partial charge in [-0.25, -0.2) is 0 Å². The largest absolute Gasteiger partial charge is 0.316 e. The predicted molar refractivity (Wildman–Crippen MR) is 65.0 cm³/mol. The van der Waals surface area contributed by atoms with Crippen molar-refractivity contribution in [2.24, 2.45) is 11.8 Å². The second-order valence-corrected chi connectivity index (χ2v) is 5.48. The highest BCUT2D eigenvalue weighted by Gasteiger charge is 2.37. The molecule has 2 rings (SSSR count). The van der Waals surface area contributed by atoms with Gasteiger partial charge in [0.1, 0.15) is 0 Å². The summed E-state index contributed by atoms with van der Waals surface area (Å²) in [7, 11) is 0. The molecule has 2 fully saturated rings. The van der Waals surface area contributed by atoms with Crippen LogP contribution in [0.2, 0.25) is 0 Å². The van der Waals surface area contributed by atoms with Gasteiger partial charge in [-0.15, -0.1) is 0 Å². The molecule has 0 radical (unpaired) electrons. The molecule has 2 heterocycles. The highest BCUT2D eigenvalue weighted by molar-refractivity contribution is 4.92. The molecule has 2 aliphatic heterocycles. The molecule has 1 unspecified atom stereocenters. The Hall–Kier alpha value is -0.0800. The summed E-state index contributed by atoms with van der Waals surface area (Å²) in [5, 5.41) is 3.51. The lowest BCUT2D eigenvalue weighted by molar-refractivity contribution is 0.226. The molecule has 88 valence electrons. The van der Waals surface area contributed by atoms with Crippen LogP contribution < -0.4 is 5.32 Å². The number of nitrogens with zero attached hydrogens (tertiary/aromatic N) is 1. The summed E-state index contributed by atoms with van der Waals surface area (Å²) >= 11 is 0. The van der Waals surface area contributed by atoms with E-state index in [1.165, 1.54) is 51.9 Å². The van der Waals surface area contributed by atoms with Crippen molar-refractivity contribution in [2.45, 2.75) is 45.6 Å². The maximum absolute atomic E-state index is 3.51. The maximum atomic E-state index is 3.51. The molecule has 2 saturated heterocycles. The number of rotatable bonds is 5. The molecule has 0 aromatic carbocycles. The maximum Gasteiger partial charge on any atom is 0.00671 e. The van der Waals surface area contributed by atoms with E-state index in [-0.39, 0.29) is 0 Å². The highest BCUT2D eigenvalue weighted by atomic mass is 15.2. The van der Waals surface area contributed by atoms with Gasteiger partial charge < -0.3 is 5.32 Å². The number of nitrogens with one attached hydrogen (secondary N) is 1. The van der Waals surface area contributed by atoms with Gasteiger partial charge in [-0.3, -0.25) is 4.90 Å². The van der Waals surface area contributed by atoms with E-state index in [2.05, 4.69) is 24.1 Å². The third kappa shape index (κ3) is 2.73. The van der Waals surface area contributed by atoms with E-state index in [1.54, 1.807) is 0 Å². The van der Waals surface area contributed by atoms with Gasteiger partial charge in [0.25, 0.3) is 0 Å². The van der Waals surface area contributed by atoms with Gasteiger partial charge in [-0.1, -0.05) is 26.2 Å². The number of unbranched alkanes of at least 4 members (excludes halogenated alkanes) is 2. The summed E-state index contributed by atoms with van der Waals surface area (Å²) in [5.74, 6) is 1.91. The summed E-state index contributed by atoms with van der Waals surface area (Å²) in [5.41, 5.74) is 0. The van der Waals surface area contributed by atoms with Crippen molar-refractivity contribution in [3.8, 4) is 0 Å². The number of hydrogen-bond donors (Lipinski definition) is 1. The van der Waals surface area contributed by atoms with Crippen LogP contribution in [0.3, 0.4) is 0 Å². The molecule has 0 aliphatic carbocycles. The first-order chi connectivity index (χ1) is 7.31. The minimum atomic E-state index is 0.821. The van der Waals surface area contributed by atoms with E-state index in [1.807, 2.05) is 0 Å². The summed E-state index contributed by atoms with van der Waals surface area (Å²) in [6, 6.07) is 0.821. The average molecular weight is 210 g/mol. The predicted octanol–water partition coefficient (Wildman–Crippen LogP) is 2.11. The van der Waals surface area contributed by atoms with E-state index in [4.69, 9.17) is 0 Å². The van der Waals surface area contributed by atoms with Gasteiger partial charge in [-0.05, 0) is 38.3 Å². The van der Waals surface area contributed by atoms with Gasteiger partial charge >= 0.3 is 0 Å². The van der Waals surface area contributed by atoms with E-state index in [0.29, 0.717) is 0 Å². The Morgan fingerprint density at radius 3 is 2.47 bits per heavy atom. The molecule has 0 bridgehead atoms. The Morgan fingerprint density at radius 1 is 1.20 bits per heavy atom. The van der Waals surface area contributed by atoms with E-state index in [9.17, 15) is 0 Å². The Kier molecular flexibility index (Phi) is 4.04. The first-order valence-corrected chi connectivity index (χ1v) is 6.76. The lowest BCUT2D eigenvalue weighted by Gasteiger charge is -2.25. The van der Waals surface area contributed by atoms with Crippen LogP contribution in [0, 0.1) is 11.8 Å². The van der Waals surface area contributed by atoms with Crippen LogP contribution in [0.4, 0.5) is 0 Å². The zero-order valence-electron chi connectivity index (χ0n) is 10.3. The topological polar surface area (TPSA) is 15.3 Å². The van der Waals surface area contributed by atoms with Crippen LogP contribution in [-0.4, -0.2) is 37.1 Å². The Morgan fingerprint density at radius 2 is 1.87 bits per heavy atom. The van der Waals surface area contributed by atoms with Crippen LogP contribution in [0.5, 0.6) is 0 Å². The zero-order chi connectivity index (χ0) is 10.7. The molecule has 0 amide bonds. The molecule has 0 aromatic rings. The molecule has 0 saturated carbocycles. The lowest BCUT2D eigenvalue weighted by atomic mass is 10.0. The summed E-state index contributed by atoms with van der Waals surface area (Å²) < 4.78 is 0. The Balaban J connectivity index is 1.70. The standard InChI is InChI=1S/C13H26N2/c1-3-4-5-6-11(2)15-9-12-7-14-8-13(12)10-15/h11-14H,3-10H2,1-2H3/t11?,12-,13+. The molecule has 0 spiro atoms. The quantitative estimate of drug-likeness (QED) is 0.699. The molecule has 0 aromatic heterocycles. The van der Waals surface area contributed by atoms with E-state index < -0.39 is 0 Å². The Labute approximate surface area is 94.4 Å². The van der Waals surface area contributed by atoms with Crippen molar-refractivity contribution in [1.29, 1.82) is 0 Å². The van der Waals surface area contributed by atoms with Crippen molar-refractivity contribution in [3.05, 3.63) is 0 Å². The van der Waals surface area contributed by atoms with Crippen LogP contribution in [0.25, 0.3) is 0 Å². The van der Waals surface area contributed by atoms with Crippen LogP contribution in [0.1, 0.15) is 39.5 Å². The van der Waals surface area contributed by atoms with Gasteiger partial charge in [0.05, 0.1) is 0 Å². The first kappa shape index (κ1) is 11.4. The number of hydrogen-bond acceptors (Lipinski definition) is 2. The third-order valence-corrected chi connectivity index (χ3v) is 4.27. The van der Waals surface area contributed by atoms with Crippen LogP contribution in [0.15, 0.2) is 0 Å². The minimum absolute atomic E-state index is 0.821.